The number of hydrogen-bond donors (Lipinski definition) is 0. The van der Waals surface area contributed by atoms with Gasteiger partial charge in [-0.05, 0) is 31.4 Å². The van der Waals surface area contributed by atoms with Gasteiger partial charge in [0.25, 0.3) is 5.69 Å². The van der Waals surface area contributed by atoms with Gasteiger partial charge in [0.15, 0.2) is 0 Å². The van der Waals surface area contributed by atoms with E-state index in [2.05, 4.69) is 9.88 Å². The van der Waals surface area contributed by atoms with Gasteiger partial charge in [0.1, 0.15) is 0 Å². The van der Waals surface area contributed by atoms with Crippen LogP contribution in [0.2, 0.25) is 0 Å². The molecule has 5 nitrogen and oxygen atoms in total. The zero-order valence-electron chi connectivity index (χ0n) is 10.6. The number of nitrogens with zero attached hydrogens (tertiary/aromatic N) is 3. The Hall–Kier alpha value is -2.17. The summed E-state index contributed by atoms with van der Waals surface area (Å²) < 4.78 is 0. The number of nitro groups is 1. The van der Waals surface area contributed by atoms with Crippen LogP contribution in [0.3, 0.4) is 0 Å². The van der Waals surface area contributed by atoms with Crippen molar-refractivity contribution in [3.8, 4) is 0 Å². The van der Waals surface area contributed by atoms with E-state index < -0.39 is 0 Å². The predicted octanol–water partition coefficient (Wildman–Crippen LogP) is 3.13. The van der Waals surface area contributed by atoms with E-state index in [1.165, 1.54) is 19.3 Å². The Morgan fingerprint density at radius 2 is 1.89 bits per heavy atom. The van der Waals surface area contributed by atoms with Gasteiger partial charge < -0.3 is 4.90 Å². The first kappa shape index (κ1) is 11.9. The summed E-state index contributed by atoms with van der Waals surface area (Å²) >= 11 is 0. The fourth-order valence-corrected chi connectivity index (χ4v) is 2.73. The minimum atomic E-state index is -0.343. The highest BCUT2D eigenvalue weighted by molar-refractivity contribution is 5.99. The fourth-order valence-electron chi connectivity index (χ4n) is 2.73. The lowest BCUT2D eigenvalue weighted by atomic mass is 10.1. The van der Waals surface area contributed by atoms with Crippen molar-refractivity contribution in [3.05, 3.63) is 40.7 Å². The fraction of sp³-hybridized carbons (Fsp3) is 0.357. The van der Waals surface area contributed by atoms with Crippen LogP contribution in [0, 0.1) is 10.1 Å². The van der Waals surface area contributed by atoms with Crippen LogP contribution in [-0.4, -0.2) is 23.0 Å². The lowest BCUT2D eigenvalue weighted by molar-refractivity contribution is -0.383. The van der Waals surface area contributed by atoms with Crippen LogP contribution in [0.1, 0.15) is 19.3 Å². The van der Waals surface area contributed by atoms with E-state index in [9.17, 15) is 10.1 Å². The van der Waals surface area contributed by atoms with Crippen LogP contribution in [-0.2, 0) is 0 Å². The smallest absolute Gasteiger partial charge is 0.278 e. The summed E-state index contributed by atoms with van der Waals surface area (Å²) in [5, 5.41) is 12.6. The Bertz CT molecular complexity index is 621. The van der Waals surface area contributed by atoms with Crippen molar-refractivity contribution in [3.63, 3.8) is 0 Å². The standard InChI is InChI=1S/C14H15N3O2/c18-17(19)14-5-4-13(16-8-2-1-3-9-16)11-6-7-15-10-12(11)14/h4-7,10H,1-3,8-9H2. The second-order valence-electron chi connectivity index (χ2n) is 4.83. The van der Waals surface area contributed by atoms with Gasteiger partial charge in [-0.25, -0.2) is 0 Å². The highest BCUT2D eigenvalue weighted by Gasteiger charge is 2.18. The number of pyridine rings is 1. The Labute approximate surface area is 111 Å². The van der Waals surface area contributed by atoms with E-state index >= 15 is 0 Å². The molecule has 1 aromatic carbocycles. The van der Waals surface area contributed by atoms with Crippen LogP contribution < -0.4 is 4.90 Å². The average molecular weight is 257 g/mol. The monoisotopic (exact) mass is 257 g/mol. The first-order chi connectivity index (χ1) is 9.27. The van der Waals surface area contributed by atoms with Crippen molar-refractivity contribution in [1.82, 2.24) is 4.98 Å². The molecule has 2 aromatic rings. The molecule has 0 radical (unpaired) electrons. The number of benzene rings is 1. The highest BCUT2D eigenvalue weighted by atomic mass is 16.6. The molecule has 1 aliphatic heterocycles. The van der Waals surface area contributed by atoms with Crippen LogP contribution in [0.25, 0.3) is 10.8 Å². The van der Waals surface area contributed by atoms with Crippen LogP contribution in [0.5, 0.6) is 0 Å². The van der Waals surface area contributed by atoms with Gasteiger partial charge in [0.05, 0.1) is 10.3 Å². The molecule has 1 fully saturated rings. The molecule has 98 valence electrons. The molecule has 0 amide bonds. The summed E-state index contributed by atoms with van der Waals surface area (Å²) in [6.07, 6.45) is 6.91. The molecule has 1 saturated heterocycles. The number of aromatic nitrogens is 1. The van der Waals surface area contributed by atoms with Crippen LogP contribution >= 0.6 is 0 Å². The summed E-state index contributed by atoms with van der Waals surface area (Å²) in [7, 11) is 0. The number of anilines is 1. The van der Waals surface area contributed by atoms with Crippen molar-refractivity contribution in [2.24, 2.45) is 0 Å². The minimum absolute atomic E-state index is 0.129. The van der Waals surface area contributed by atoms with Crippen LogP contribution in [0.15, 0.2) is 30.6 Å². The lowest BCUT2D eigenvalue weighted by Gasteiger charge is -2.29. The summed E-state index contributed by atoms with van der Waals surface area (Å²) in [5.74, 6) is 0. The van der Waals surface area contributed by atoms with Gasteiger partial charge in [-0.15, -0.1) is 0 Å². The molecule has 0 spiro atoms. The van der Waals surface area contributed by atoms with Crippen LogP contribution in [0.4, 0.5) is 11.4 Å². The molecule has 5 heteroatoms. The van der Waals surface area contributed by atoms with E-state index in [1.807, 2.05) is 12.1 Å². The molecule has 1 aromatic heterocycles. The minimum Gasteiger partial charge on any atom is -0.371 e. The SMILES string of the molecule is O=[N+]([O-])c1ccc(N2CCCCC2)c2ccncc12. The molecule has 0 bridgehead atoms. The van der Waals surface area contributed by atoms with Gasteiger partial charge in [-0.2, -0.15) is 0 Å². The third kappa shape index (κ3) is 2.12. The van der Waals surface area contributed by atoms with Crippen molar-refractivity contribution in [1.29, 1.82) is 0 Å². The third-order valence-corrected chi connectivity index (χ3v) is 3.67. The number of piperidine rings is 1. The average Bonchev–Trinajstić information content (AvgIpc) is 2.47. The molecule has 0 aliphatic carbocycles. The molecule has 0 atom stereocenters. The maximum atomic E-state index is 11.1. The zero-order chi connectivity index (χ0) is 13.2. The second-order valence-corrected chi connectivity index (χ2v) is 4.83. The molecular weight excluding hydrogens is 242 g/mol. The Morgan fingerprint density at radius 3 is 2.63 bits per heavy atom. The highest BCUT2D eigenvalue weighted by Crippen LogP contribution is 2.33. The molecule has 2 heterocycles. The third-order valence-electron chi connectivity index (χ3n) is 3.67. The van der Waals surface area contributed by atoms with E-state index in [1.54, 1.807) is 18.5 Å². The molecule has 19 heavy (non-hydrogen) atoms. The van der Waals surface area contributed by atoms with E-state index in [-0.39, 0.29) is 10.6 Å². The van der Waals surface area contributed by atoms with Gasteiger partial charge in [0, 0.05) is 42.6 Å². The number of nitro benzene ring substituents is 1. The van der Waals surface area contributed by atoms with Crippen molar-refractivity contribution in [2.45, 2.75) is 19.3 Å². The molecule has 0 N–H and O–H groups in total. The van der Waals surface area contributed by atoms with Gasteiger partial charge in [-0.1, -0.05) is 0 Å². The Kier molecular flexibility index (Phi) is 3.03. The molecule has 3 rings (SSSR count). The first-order valence-corrected chi connectivity index (χ1v) is 6.53. The second kappa shape index (κ2) is 4.84. The quantitative estimate of drug-likeness (QED) is 0.612. The van der Waals surface area contributed by atoms with Gasteiger partial charge in [0.2, 0.25) is 0 Å². The predicted molar refractivity (Wildman–Crippen MR) is 74.5 cm³/mol. The first-order valence-electron chi connectivity index (χ1n) is 6.53. The van der Waals surface area contributed by atoms with Crippen molar-refractivity contribution < 1.29 is 4.92 Å². The largest absolute Gasteiger partial charge is 0.371 e. The maximum absolute atomic E-state index is 11.1. The maximum Gasteiger partial charge on any atom is 0.278 e. The Morgan fingerprint density at radius 1 is 1.11 bits per heavy atom. The van der Waals surface area contributed by atoms with E-state index in [0.29, 0.717) is 5.39 Å². The number of fused-ring (bicyclic) bond motifs is 1. The molecule has 0 unspecified atom stereocenters. The van der Waals surface area contributed by atoms with Gasteiger partial charge >= 0.3 is 0 Å². The topological polar surface area (TPSA) is 59.3 Å². The zero-order valence-corrected chi connectivity index (χ0v) is 10.6. The summed E-state index contributed by atoms with van der Waals surface area (Å²) in [4.78, 5) is 17.1. The molecule has 1 aliphatic rings. The molecule has 0 saturated carbocycles. The number of hydrogen-bond acceptors (Lipinski definition) is 4. The normalized spacial score (nSPS) is 15.7. The molecular formula is C14H15N3O2. The summed E-state index contributed by atoms with van der Waals surface area (Å²) in [6, 6.07) is 5.33. The van der Waals surface area contributed by atoms with E-state index in [4.69, 9.17) is 0 Å². The van der Waals surface area contributed by atoms with Crippen molar-refractivity contribution in [2.75, 3.05) is 18.0 Å². The summed E-state index contributed by atoms with van der Waals surface area (Å²) in [5.41, 5.74) is 1.21. The number of non-ortho nitro benzene ring substituents is 1. The van der Waals surface area contributed by atoms with Gasteiger partial charge in [-0.3, -0.25) is 15.1 Å². The Balaban J connectivity index is 2.15. The van der Waals surface area contributed by atoms with Crippen molar-refractivity contribution >= 4 is 22.1 Å². The lowest BCUT2D eigenvalue weighted by Crippen LogP contribution is -2.29. The number of rotatable bonds is 2. The summed E-state index contributed by atoms with van der Waals surface area (Å²) in [6.45, 7) is 2.05. The van der Waals surface area contributed by atoms with E-state index in [0.717, 1.165) is 24.2 Å².